The number of sulfonamides is 1. The van der Waals surface area contributed by atoms with Crippen molar-refractivity contribution < 1.29 is 22.7 Å². The van der Waals surface area contributed by atoms with E-state index in [0.717, 1.165) is 34.1 Å². The first kappa shape index (κ1) is 25.3. The number of carbonyl (C=O) groups excluding carboxylic acids is 1. The van der Waals surface area contributed by atoms with Crippen molar-refractivity contribution in [1.29, 1.82) is 0 Å². The molecule has 2 aliphatic heterocycles. The number of hydrogen-bond acceptors (Lipinski definition) is 5. The maximum Gasteiger partial charge on any atom is 0.258 e. The van der Waals surface area contributed by atoms with E-state index in [1.165, 1.54) is 4.31 Å². The Morgan fingerprint density at radius 2 is 1.73 bits per heavy atom. The molecule has 0 bridgehead atoms. The fraction of sp³-hybridized carbons (Fsp3) is 0.321. The van der Waals surface area contributed by atoms with Crippen LogP contribution in [0, 0.1) is 13.8 Å². The summed E-state index contributed by atoms with van der Waals surface area (Å²) in [6.07, 6.45) is 1.88. The lowest BCUT2D eigenvalue weighted by Gasteiger charge is -2.26. The van der Waals surface area contributed by atoms with Gasteiger partial charge in [-0.25, -0.2) is 8.42 Å². The summed E-state index contributed by atoms with van der Waals surface area (Å²) in [5, 5.41) is 0. The quantitative estimate of drug-likeness (QED) is 0.458. The molecule has 1 saturated heterocycles. The van der Waals surface area contributed by atoms with Crippen LogP contribution in [0.4, 0.5) is 5.69 Å². The third-order valence-electron chi connectivity index (χ3n) is 7.05. The van der Waals surface area contributed by atoms with Gasteiger partial charge in [0.15, 0.2) is 0 Å². The average molecular weight is 522 g/mol. The molecule has 0 unspecified atom stereocenters. The van der Waals surface area contributed by atoms with Crippen LogP contribution < -0.4 is 9.64 Å². The Labute approximate surface area is 217 Å². The highest BCUT2D eigenvalue weighted by molar-refractivity contribution is 7.89. The van der Waals surface area contributed by atoms with Gasteiger partial charge in [0.2, 0.25) is 10.0 Å². The van der Waals surface area contributed by atoms with Crippen molar-refractivity contribution in [3.05, 3.63) is 71.0 Å². The smallest absolute Gasteiger partial charge is 0.258 e. The molecule has 0 aliphatic carbocycles. The van der Waals surface area contributed by atoms with Crippen molar-refractivity contribution in [3.8, 4) is 11.4 Å². The number of aryl methyl sites for hydroxylation is 1. The zero-order chi connectivity index (χ0) is 26.3. The van der Waals surface area contributed by atoms with Crippen molar-refractivity contribution in [3.63, 3.8) is 0 Å². The standard InChI is InChI=1S/C28H31N3O5S/c1-5-30-27-11-10-24(37(33,34)29-12-14-36-15-13-29)18-25(27)26(28(30)32)17-21-16-19(2)31(20(21)3)22-6-8-23(35-4)9-7-22/h6-11,16-18H,5,12-15H2,1-4H3. The van der Waals surface area contributed by atoms with Gasteiger partial charge in [0.25, 0.3) is 5.91 Å². The number of benzene rings is 2. The monoisotopic (exact) mass is 521 g/mol. The van der Waals surface area contributed by atoms with E-state index in [1.807, 2.05) is 57.2 Å². The lowest BCUT2D eigenvalue weighted by molar-refractivity contribution is -0.112. The largest absolute Gasteiger partial charge is 0.497 e. The van der Waals surface area contributed by atoms with Crippen molar-refractivity contribution >= 4 is 33.3 Å². The number of carbonyl (C=O) groups is 1. The maximum absolute atomic E-state index is 13.5. The Bertz CT molecular complexity index is 1480. The van der Waals surface area contributed by atoms with Crippen LogP contribution in [0.5, 0.6) is 5.75 Å². The van der Waals surface area contributed by atoms with Crippen molar-refractivity contribution in [2.45, 2.75) is 25.7 Å². The Hall–Kier alpha value is -3.40. The van der Waals surface area contributed by atoms with Gasteiger partial charge in [0.1, 0.15) is 5.75 Å². The zero-order valence-electron chi connectivity index (χ0n) is 21.5. The number of fused-ring (bicyclic) bond motifs is 1. The number of likely N-dealkylation sites (N-methyl/N-ethyl adjacent to an activating group) is 1. The molecule has 1 aromatic heterocycles. The van der Waals surface area contributed by atoms with E-state index in [0.29, 0.717) is 44.0 Å². The third kappa shape index (κ3) is 4.37. The molecule has 8 nitrogen and oxygen atoms in total. The van der Waals surface area contributed by atoms with Crippen LogP contribution in [-0.4, -0.2) is 63.2 Å². The minimum Gasteiger partial charge on any atom is -0.497 e. The second-order valence-electron chi connectivity index (χ2n) is 9.16. The van der Waals surface area contributed by atoms with Crippen LogP contribution in [0.1, 0.15) is 29.4 Å². The topological polar surface area (TPSA) is 81.1 Å². The zero-order valence-corrected chi connectivity index (χ0v) is 22.3. The molecular weight excluding hydrogens is 490 g/mol. The highest BCUT2D eigenvalue weighted by Crippen LogP contribution is 2.40. The molecule has 1 fully saturated rings. The molecule has 2 aliphatic rings. The first-order valence-electron chi connectivity index (χ1n) is 12.4. The summed E-state index contributed by atoms with van der Waals surface area (Å²) in [6, 6.07) is 14.8. The lowest BCUT2D eigenvalue weighted by atomic mass is 10.0. The second kappa shape index (κ2) is 9.81. The van der Waals surface area contributed by atoms with Crippen LogP contribution in [0.2, 0.25) is 0 Å². The maximum atomic E-state index is 13.5. The lowest BCUT2D eigenvalue weighted by Crippen LogP contribution is -2.40. The molecule has 2 aromatic carbocycles. The Morgan fingerprint density at radius 3 is 2.38 bits per heavy atom. The molecule has 0 radical (unpaired) electrons. The van der Waals surface area contributed by atoms with Crippen LogP contribution in [0.3, 0.4) is 0 Å². The number of hydrogen-bond donors (Lipinski definition) is 0. The van der Waals surface area contributed by atoms with Gasteiger partial charge in [0.05, 0.1) is 30.9 Å². The number of morpholine rings is 1. The number of ether oxygens (including phenoxy) is 2. The van der Waals surface area contributed by atoms with E-state index in [9.17, 15) is 13.2 Å². The number of nitrogens with zero attached hydrogens (tertiary/aromatic N) is 3. The van der Waals surface area contributed by atoms with Crippen molar-refractivity contribution in [2.75, 3.05) is 44.9 Å². The van der Waals surface area contributed by atoms with Gasteiger partial charge < -0.3 is 18.9 Å². The van der Waals surface area contributed by atoms with Gasteiger partial charge in [-0.15, -0.1) is 0 Å². The summed E-state index contributed by atoms with van der Waals surface area (Å²) in [7, 11) is -2.05. The predicted molar refractivity (Wildman–Crippen MR) is 144 cm³/mol. The van der Waals surface area contributed by atoms with Crippen LogP contribution in [0.25, 0.3) is 17.3 Å². The normalized spacial score (nSPS) is 17.5. The fourth-order valence-corrected chi connectivity index (χ4v) is 6.54. The van der Waals surface area contributed by atoms with Crippen LogP contribution >= 0.6 is 0 Å². The highest BCUT2D eigenvalue weighted by atomic mass is 32.2. The van der Waals surface area contributed by atoms with Gasteiger partial charge in [-0.3, -0.25) is 4.79 Å². The molecule has 0 atom stereocenters. The number of anilines is 1. The third-order valence-corrected chi connectivity index (χ3v) is 8.94. The molecule has 194 valence electrons. The molecule has 5 rings (SSSR count). The average Bonchev–Trinajstić information content (AvgIpc) is 3.35. The molecule has 37 heavy (non-hydrogen) atoms. The number of amides is 1. The minimum atomic E-state index is -3.69. The molecule has 9 heteroatoms. The number of rotatable bonds is 6. The number of aromatic nitrogens is 1. The summed E-state index contributed by atoms with van der Waals surface area (Å²) in [5.41, 5.74) is 5.76. The Balaban J connectivity index is 1.58. The summed E-state index contributed by atoms with van der Waals surface area (Å²) < 4.78 is 40.8. The molecule has 0 N–H and O–H groups in total. The van der Waals surface area contributed by atoms with Gasteiger partial charge in [0, 0.05) is 47.8 Å². The molecule has 0 saturated carbocycles. The van der Waals surface area contributed by atoms with Gasteiger partial charge in [-0.1, -0.05) is 0 Å². The van der Waals surface area contributed by atoms with Crippen molar-refractivity contribution in [2.24, 2.45) is 0 Å². The molecule has 1 amide bonds. The second-order valence-corrected chi connectivity index (χ2v) is 11.1. The van der Waals surface area contributed by atoms with E-state index in [-0.39, 0.29) is 10.8 Å². The van der Waals surface area contributed by atoms with E-state index in [1.54, 1.807) is 30.2 Å². The number of methoxy groups -OCH3 is 1. The van der Waals surface area contributed by atoms with Gasteiger partial charge >= 0.3 is 0 Å². The minimum absolute atomic E-state index is 0.132. The van der Waals surface area contributed by atoms with E-state index in [2.05, 4.69) is 4.57 Å². The summed E-state index contributed by atoms with van der Waals surface area (Å²) in [5.74, 6) is 0.650. The molecule has 3 aromatic rings. The van der Waals surface area contributed by atoms with Crippen LogP contribution in [-0.2, 0) is 19.6 Å². The van der Waals surface area contributed by atoms with Gasteiger partial charge in [-0.05, 0) is 80.9 Å². The fourth-order valence-electron chi connectivity index (χ4n) is 5.10. The van der Waals surface area contributed by atoms with E-state index >= 15 is 0 Å². The summed E-state index contributed by atoms with van der Waals surface area (Å²) >= 11 is 0. The molecular formula is C28H31N3O5S. The van der Waals surface area contributed by atoms with Gasteiger partial charge in [-0.2, -0.15) is 4.31 Å². The van der Waals surface area contributed by atoms with E-state index in [4.69, 9.17) is 9.47 Å². The SMILES string of the molecule is CCN1C(=O)C(=Cc2cc(C)n(-c3ccc(OC)cc3)c2C)c2cc(S(=O)(=O)N3CCOCC3)ccc21. The summed E-state index contributed by atoms with van der Waals surface area (Å²) in [6.45, 7) is 7.83. The molecule has 0 spiro atoms. The summed E-state index contributed by atoms with van der Waals surface area (Å²) in [4.78, 5) is 15.3. The Morgan fingerprint density at radius 1 is 1.03 bits per heavy atom. The highest BCUT2D eigenvalue weighted by Gasteiger charge is 2.34. The molecule has 3 heterocycles. The van der Waals surface area contributed by atoms with Crippen LogP contribution in [0.15, 0.2) is 53.4 Å². The predicted octanol–water partition coefficient (Wildman–Crippen LogP) is 4.03. The first-order chi connectivity index (χ1) is 17.8. The first-order valence-corrected chi connectivity index (χ1v) is 13.8. The Kier molecular flexibility index (Phi) is 6.70. The van der Waals surface area contributed by atoms with E-state index < -0.39 is 10.0 Å². The van der Waals surface area contributed by atoms with Crippen molar-refractivity contribution in [1.82, 2.24) is 8.87 Å².